The van der Waals surface area contributed by atoms with Crippen molar-refractivity contribution in [1.29, 1.82) is 0 Å². The Hall–Kier alpha value is 0.260. The predicted octanol–water partition coefficient (Wildman–Crippen LogP) is -1.24. The third-order valence-electron chi connectivity index (χ3n) is 0.441. The van der Waals surface area contributed by atoms with E-state index in [1.807, 2.05) is 19.0 Å². The van der Waals surface area contributed by atoms with Gasteiger partial charge in [-0.3, -0.25) is 0 Å². The van der Waals surface area contributed by atoms with Crippen LogP contribution in [-0.2, 0) is 0 Å². The van der Waals surface area contributed by atoms with Gasteiger partial charge in [-0.2, -0.15) is 0 Å². The molecule has 0 saturated carbocycles. The van der Waals surface area contributed by atoms with Crippen molar-refractivity contribution in [2.45, 2.75) is 0 Å². The number of hydrogen-bond acceptors (Lipinski definition) is 2. The first kappa shape index (κ1) is 6.26. The van der Waals surface area contributed by atoms with Crippen LogP contribution >= 0.6 is 0 Å². The fraction of sp³-hybridized carbons (Fsp3) is 0.667. The quantitative estimate of drug-likeness (QED) is 0.536. The maximum absolute atomic E-state index is 5.28. The first-order valence-electron chi connectivity index (χ1n) is 1.61. The summed E-state index contributed by atoms with van der Waals surface area (Å²) in [4.78, 5) is 1.87. The van der Waals surface area contributed by atoms with Crippen LogP contribution in [0.2, 0.25) is 0 Å². The molecular weight excluding hydrogens is 192 g/mol. The van der Waals surface area contributed by atoms with E-state index in [1.54, 1.807) is 21.8 Å². The van der Waals surface area contributed by atoms with Crippen LogP contribution in [-0.4, -0.2) is 44.6 Å². The Morgan fingerprint density at radius 2 is 1.83 bits per heavy atom. The third-order valence-corrected chi connectivity index (χ3v) is 1.48. The summed E-state index contributed by atoms with van der Waals surface area (Å²) in [6.45, 7) is 0. The van der Waals surface area contributed by atoms with Gasteiger partial charge in [-0.15, -0.1) is 0 Å². The zero-order valence-electron chi connectivity index (χ0n) is 3.93. The average Bonchev–Trinajstić information content (AvgIpc) is 1.36. The van der Waals surface area contributed by atoms with E-state index in [4.69, 9.17) is 5.73 Å². The summed E-state index contributed by atoms with van der Waals surface area (Å²) < 4.78 is 0.853. The van der Waals surface area contributed by atoms with Crippen LogP contribution < -0.4 is 5.73 Å². The second kappa shape index (κ2) is 2.44. The molecule has 0 aliphatic rings. The molecule has 0 aliphatic heterocycles. The van der Waals surface area contributed by atoms with Gasteiger partial charge in [0.1, 0.15) is 0 Å². The Morgan fingerprint density at radius 1 is 1.67 bits per heavy atom. The van der Waals surface area contributed by atoms with Crippen molar-refractivity contribution in [1.82, 2.24) is 4.90 Å². The molecular formula is C3H8N2Te. The van der Waals surface area contributed by atoms with Gasteiger partial charge in [0.25, 0.3) is 0 Å². The zero-order chi connectivity index (χ0) is 5.15. The van der Waals surface area contributed by atoms with Gasteiger partial charge in [-0.25, -0.2) is 0 Å². The van der Waals surface area contributed by atoms with E-state index in [9.17, 15) is 0 Å². The van der Waals surface area contributed by atoms with Gasteiger partial charge in [-0.05, 0) is 0 Å². The van der Waals surface area contributed by atoms with Gasteiger partial charge in [0.2, 0.25) is 0 Å². The molecule has 0 amide bonds. The molecule has 0 unspecified atom stereocenters. The molecule has 0 aromatic carbocycles. The van der Waals surface area contributed by atoms with Crippen LogP contribution in [0.3, 0.4) is 0 Å². The van der Waals surface area contributed by atoms with Crippen LogP contribution in [0.25, 0.3) is 0 Å². The minimum atomic E-state index is 0.853. The Labute approximate surface area is 50.7 Å². The molecule has 2 nitrogen and oxygen atoms in total. The Morgan fingerprint density at radius 3 is 1.83 bits per heavy atom. The number of nitrogens with zero attached hydrogens (tertiary/aromatic N) is 1. The molecule has 6 heavy (non-hydrogen) atoms. The molecule has 0 aromatic heterocycles. The van der Waals surface area contributed by atoms with Gasteiger partial charge in [0, 0.05) is 0 Å². The molecule has 0 radical (unpaired) electrons. The molecule has 0 saturated heterocycles. The van der Waals surface area contributed by atoms with Crippen LogP contribution in [0.15, 0.2) is 0 Å². The predicted molar refractivity (Wildman–Crippen MR) is 28.6 cm³/mol. The molecule has 0 rings (SSSR count). The molecule has 0 aliphatic carbocycles. The Kier molecular flexibility index (Phi) is 2.54. The van der Waals surface area contributed by atoms with Crippen LogP contribution in [0.5, 0.6) is 0 Å². The van der Waals surface area contributed by atoms with Crippen molar-refractivity contribution >= 4 is 25.6 Å². The summed E-state index contributed by atoms with van der Waals surface area (Å²) in [5.74, 6) is 0. The van der Waals surface area contributed by atoms with Crippen LogP contribution in [0, 0.1) is 0 Å². The van der Waals surface area contributed by atoms with E-state index < -0.39 is 0 Å². The zero-order valence-corrected chi connectivity index (χ0v) is 6.26. The molecule has 0 aromatic rings. The van der Waals surface area contributed by atoms with Crippen molar-refractivity contribution < 1.29 is 0 Å². The van der Waals surface area contributed by atoms with E-state index in [2.05, 4.69) is 0 Å². The summed E-state index contributed by atoms with van der Waals surface area (Å²) in [5, 5.41) is 0. The maximum atomic E-state index is 5.28. The van der Waals surface area contributed by atoms with Crippen molar-refractivity contribution in [2.24, 2.45) is 5.73 Å². The molecule has 0 fully saturated rings. The van der Waals surface area contributed by atoms with E-state index in [0.717, 1.165) is 3.80 Å². The summed E-state index contributed by atoms with van der Waals surface area (Å²) in [5.41, 5.74) is 5.28. The van der Waals surface area contributed by atoms with Gasteiger partial charge in [-0.1, -0.05) is 0 Å². The second-order valence-corrected chi connectivity index (χ2v) is 2.43. The van der Waals surface area contributed by atoms with Gasteiger partial charge < -0.3 is 0 Å². The summed E-state index contributed by atoms with van der Waals surface area (Å²) >= 11 is 1.80. The van der Waals surface area contributed by atoms with Crippen molar-refractivity contribution in [2.75, 3.05) is 14.1 Å². The fourth-order valence-corrected chi connectivity index (χ4v) is 0. The SMILES string of the molecule is CN(C)C(N)=[Te]. The first-order chi connectivity index (χ1) is 2.64. The van der Waals surface area contributed by atoms with E-state index in [-0.39, 0.29) is 0 Å². The summed E-state index contributed by atoms with van der Waals surface area (Å²) in [6, 6.07) is 0. The van der Waals surface area contributed by atoms with Gasteiger partial charge >= 0.3 is 50.3 Å². The number of nitrogens with two attached hydrogens (primary N) is 1. The molecule has 2 N–H and O–H groups in total. The van der Waals surface area contributed by atoms with Crippen molar-refractivity contribution in [3.05, 3.63) is 0 Å². The molecule has 3 heteroatoms. The summed E-state index contributed by atoms with van der Waals surface area (Å²) in [6.07, 6.45) is 0. The molecule has 0 bridgehead atoms. The monoisotopic (exact) mass is 202 g/mol. The molecule has 36 valence electrons. The summed E-state index contributed by atoms with van der Waals surface area (Å²) in [7, 11) is 3.83. The standard InChI is InChI=1S/C3H8N2Te/c1-5(2)3(4)6/h1-2H3,(H2,4,6). The fourth-order valence-electron chi connectivity index (χ4n) is 0. The molecule has 0 atom stereocenters. The van der Waals surface area contributed by atoms with Crippen LogP contribution in [0.1, 0.15) is 0 Å². The van der Waals surface area contributed by atoms with E-state index >= 15 is 0 Å². The van der Waals surface area contributed by atoms with Crippen molar-refractivity contribution in [3.63, 3.8) is 0 Å². The topological polar surface area (TPSA) is 29.3 Å². The van der Waals surface area contributed by atoms with Gasteiger partial charge in [0.05, 0.1) is 0 Å². The third kappa shape index (κ3) is 2.49. The Bertz CT molecular complexity index is 59.8. The molecule has 0 spiro atoms. The van der Waals surface area contributed by atoms with Crippen LogP contribution in [0.4, 0.5) is 0 Å². The average molecular weight is 200 g/mol. The number of hydrogen-bond donors (Lipinski definition) is 1. The van der Waals surface area contributed by atoms with Gasteiger partial charge in [0.15, 0.2) is 0 Å². The second-order valence-electron chi connectivity index (χ2n) is 1.23. The van der Waals surface area contributed by atoms with E-state index in [1.165, 1.54) is 0 Å². The normalized spacial score (nSPS) is 7.67. The van der Waals surface area contributed by atoms with Crippen molar-refractivity contribution in [3.8, 4) is 0 Å². The molecule has 0 heterocycles. The number of rotatable bonds is 1. The first-order valence-corrected chi connectivity index (χ1v) is 2.78. The minimum absolute atomic E-state index is 0.853. The van der Waals surface area contributed by atoms with E-state index in [0.29, 0.717) is 0 Å². The Balaban J connectivity index is 3.26.